The molecule has 1 unspecified atom stereocenters. The Kier molecular flexibility index (Phi) is 6.32. The fraction of sp³-hybridized carbons (Fsp3) is 0.333. The van der Waals surface area contributed by atoms with Crippen molar-refractivity contribution in [2.75, 3.05) is 0 Å². The van der Waals surface area contributed by atoms with E-state index in [0.717, 1.165) is 19.3 Å². The van der Waals surface area contributed by atoms with Crippen LogP contribution in [-0.4, -0.2) is 0 Å². The Morgan fingerprint density at radius 3 is 2.48 bits per heavy atom. The molecule has 4 rings (SSSR count). The summed E-state index contributed by atoms with van der Waals surface area (Å²) >= 11 is 0. The number of benzene rings is 2. The predicted molar refractivity (Wildman–Crippen MR) is 135 cm³/mol. The van der Waals surface area contributed by atoms with Gasteiger partial charge in [0.05, 0.1) is 6.04 Å². The Morgan fingerprint density at radius 1 is 1.00 bits per heavy atom. The zero-order chi connectivity index (χ0) is 22.0. The average molecular weight is 410 g/mol. The lowest BCUT2D eigenvalue weighted by Crippen LogP contribution is -2.20. The molecule has 2 aromatic carbocycles. The quantitative estimate of drug-likeness (QED) is 0.526. The van der Waals surface area contributed by atoms with Crippen molar-refractivity contribution in [2.45, 2.75) is 59.9 Å². The normalized spacial score (nSPS) is 18.7. The molecule has 1 heterocycles. The van der Waals surface area contributed by atoms with Crippen molar-refractivity contribution < 1.29 is 0 Å². The zero-order valence-electron chi connectivity index (χ0n) is 19.6. The number of dihydropyridines is 1. The average Bonchev–Trinajstić information content (AvgIpc) is 2.75. The number of hydrogen-bond donors (Lipinski definition) is 1. The van der Waals surface area contributed by atoms with Crippen molar-refractivity contribution in [1.82, 2.24) is 5.32 Å². The molecule has 0 bridgehead atoms. The fourth-order valence-corrected chi connectivity index (χ4v) is 4.94. The largest absolute Gasteiger partial charge is 0.380 e. The third-order valence-corrected chi connectivity index (χ3v) is 6.51. The molecule has 160 valence electrons. The number of hydrogen-bond acceptors (Lipinski definition) is 1. The second kappa shape index (κ2) is 9.14. The van der Waals surface area contributed by atoms with Crippen molar-refractivity contribution in [3.63, 3.8) is 0 Å². The summed E-state index contributed by atoms with van der Waals surface area (Å²) in [6.07, 6.45) is 12.6. The summed E-state index contributed by atoms with van der Waals surface area (Å²) < 4.78 is 0. The summed E-state index contributed by atoms with van der Waals surface area (Å²) in [5.74, 6) is 0.624. The lowest BCUT2D eigenvalue weighted by atomic mass is 9.84. The maximum Gasteiger partial charge on any atom is 0.0704 e. The molecular formula is C30H35N. The summed E-state index contributed by atoms with van der Waals surface area (Å²) in [5, 5.41) is 3.72. The minimum Gasteiger partial charge on any atom is -0.380 e. The fourth-order valence-electron chi connectivity index (χ4n) is 4.94. The van der Waals surface area contributed by atoms with E-state index in [0.29, 0.717) is 5.92 Å². The van der Waals surface area contributed by atoms with Crippen LogP contribution in [-0.2, 0) is 0 Å². The standard InChI is InChI=1S/C30H35N/c1-20(2)15-25-19-31-30(18-29(25)24-12-7-6-8-13-24)28-17-27(22(4)16-23(28)5)26-14-10-9-11-21(26)3/h6-9,11-13,16-20,30-31H,10,14-15H2,1-5H3. The second-order valence-electron chi connectivity index (χ2n) is 9.48. The minimum atomic E-state index is 0.186. The number of rotatable bonds is 5. The van der Waals surface area contributed by atoms with Crippen molar-refractivity contribution in [2.24, 2.45) is 5.92 Å². The minimum absolute atomic E-state index is 0.186. The van der Waals surface area contributed by atoms with Crippen LogP contribution in [0.15, 0.2) is 78.0 Å². The molecule has 1 atom stereocenters. The van der Waals surface area contributed by atoms with E-state index in [1.807, 2.05) is 0 Å². The SMILES string of the molecule is CC1=C(c2cc(C3C=C(c4ccccc4)C(CC(C)C)=CN3)c(C)cc2C)CCC=C1. The van der Waals surface area contributed by atoms with Crippen molar-refractivity contribution in [1.29, 1.82) is 0 Å². The third-order valence-electron chi connectivity index (χ3n) is 6.51. The zero-order valence-corrected chi connectivity index (χ0v) is 19.6. The van der Waals surface area contributed by atoms with Gasteiger partial charge in [-0.05, 0) is 108 Å². The molecule has 1 aliphatic carbocycles. The van der Waals surface area contributed by atoms with Crippen molar-refractivity contribution >= 4 is 11.1 Å². The van der Waals surface area contributed by atoms with Crippen LogP contribution >= 0.6 is 0 Å². The van der Waals surface area contributed by atoms with Crippen LogP contribution in [0.4, 0.5) is 0 Å². The first-order chi connectivity index (χ1) is 14.9. The van der Waals surface area contributed by atoms with Gasteiger partial charge >= 0.3 is 0 Å². The first kappa shape index (κ1) is 21.4. The Labute approximate surface area is 188 Å². The van der Waals surface area contributed by atoms with E-state index in [9.17, 15) is 0 Å². The van der Waals surface area contributed by atoms with E-state index in [4.69, 9.17) is 0 Å². The molecule has 0 saturated carbocycles. The number of aryl methyl sites for hydroxylation is 2. The van der Waals surface area contributed by atoms with Crippen LogP contribution in [0.1, 0.15) is 73.9 Å². The van der Waals surface area contributed by atoms with E-state index in [1.165, 1.54) is 50.1 Å². The van der Waals surface area contributed by atoms with Gasteiger partial charge in [-0.3, -0.25) is 0 Å². The maximum absolute atomic E-state index is 3.72. The topological polar surface area (TPSA) is 12.0 Å². The summed E-state index contributed by atoms with van der Waals surface area (Å²) in [4.78, 5) is 0. The Bertz CT molecular complexity index is 1080. The smallest absolute Gasteiger partial charge is 0.0704 e. The molecule has 1 N–H and O–H groups in total. The second-order valence-corrected chi connectivity index (χ2v) is 9.48. The van der Waals surface area contributed by atoms with Crippen LogP contribution in [0.25, 0.3) is 11.1 Å². The van der Waals surface area contributed by atoms with Gasteiger partial charge in [0.1, 0.15) is 0 Å². The van der Waals surface area contributed by atoms with Gasteiger partial charge in [0.25, 0.3) is 0 Å². The van der Waals surface area contributed by atoms with Crippen LogP contribution in [0.2, 0.25) is 0 Å². The van der Waals surface area contributed by atoms with Gasteiger partial charge in [-0.15, -0.1) is 0 Å². The monoisotopic (exact) mass is 409 g/mol. The third kappa shape index (κ3) is 4.61. The molecule has 0 aromatic heterocycles. The van der Waals surface area contributed by atoms with Crippen LogP contribution in [0.5, 0.6) is 0 Å². The van der Waals surface area contributed by atoms with Gasteiger partial charge in [-0.2, -0.15) is 0 Å². The van der Waals surface area contributed by atoms with Gasteiger partial charge in [0.15, 0.2) is 0 Å². The molecular weight excluding hydrogens is 374 g/mol. The highest BCUT2D eigenvalue weighted by Crippen LogP contribution is 2.37. The van der Waals surface area contributed by atoms with Crippen molar-refractivity contribution in [3.8, 4) is 0 Å². The van der Waals surface area contributed by atoms with Crippen LogP contribution < -0.4 is 5.32 Å². The molecule has 1 aliphatic heterocycles. The van der Waals surface area contributed by atoms with E-state index >= 15 is 0 Å². The molecule has 1 nitrogen and oxygen atoms in total. The summed E-state index contributed by atoms with van der Waals surface area (Å²) in [6.45, 7) is 11.3. The molecule has 1 heteroatoms. The predicted octanol–water partition coefficient (Wildman–Crippen LogP) is 8.08. The van der Waals surface area contributed by atoms with Gasteiger partial charge in [0.2, 0.25) is 0 Å². The molecule has 0 amide bonds. The summed E-state index contributed by atoms with van der Waals surface area (Å²) in [6, 6.07) is 15.8. The van der Waals surface area contributed by atoms with E-state index in [-0.39, 0.29) is 6.04 Å². The first-order valence-corrected chi connectivity index (χ1v) is 11.6. The van der Waals surface area contributed by atoms with Gasteiger partial charge in [-0.1, -0.05) is 62.4 Å². The Balaban J connectivity index is 1.77. The van der Waals surface area contributed by atoms with Crippen LogP contribution in [0, 0.1) is 19.8 Å². The van der Waals surface area contributed by atoms with Gasteiger partial charge in [-0.25, -0.2) is 0 Å². The van der Waals surface area contributed by atoms with E-state index < -0.39 is 0 Å². The molecule has 0 spiro atoms. The lowest BCUT2D eigenvalue weighted by molar-refractivity contribution is 0.637. The first-order valence-electron chi connectivity index (χ1n) is 11.6. The summed E-state index contributed by atoms with van der Waals surface area (Å²) in [7, 11) is 0. The molecule has 2 aliphatic rings. The number of nitrogens with one attached hydrogen (secondary N) is 1. The Hall–Kier alpha value is -2.80. The van der Waals surface area contributed by atoms with Gasteiger partial charge in [0, 0.05) is 6.20 Å². The Morgan fingerprint density at radius 2 is 1.77 bits per heavy atom. The highest BCUT2D eigenvalue weighted by Gasteiger charge is 2.21. The van der Waals surface area contributed by atoms with Crippen LogP contribution in [0.3, 0.4) is 0 Å². The molecule has 0 saturated heterocycles. The molecule has 0 fully saturated rings. The molecule has 2 aromatic rings. The highest BCUT2D eigenvalue weighted by atomic mass is 14.9. The summed E-state index contributed by atoms with van der Waals surface area (Å²) in [5.41, 5.74) is 12.5. The highest BCUT2D eigenvalue weighted by molar-refractivity contribution is 5.81. The maximum atomic E-state index is 3.72. The van der Waals surface area contributed by atoms with Gasteiger partial charge < -0.3 is 5.32 Å². The number of allylic oxidation sites excluding steroid dienone is 6. The molecule has 0 radical (unpaired) electrons. The molecule has 31 heavy (non-hydrogen) atoms. The van der Waals surface area contributed by atoms with E-state index in [1.54, 1.807) is 0 Å². The van der Waals surface area contributed by atoms with E-state index in [2.05, 4.69) is 107 Å². The lowest BCUT2D eigenvalue weighted by Gasteiger charge is -2.28. The van der Waals surface area contributed by atoms with Crippen molar-refractivity contribution in [3.05, 3.63) is 106 Å².